The topological polar surface area (TPSA) is 57.5 Å². The number of benzene rings is 1. The van der Waals surface area contributed by atoms with Crippen LogP contribution in [0.25, 0.3) is 0 Å². The summed E-state index contributed by atoms with van der Waals surface area (Å²) in [6.45, 7) is 6.42. The van der Waals surface area contributed by atoms with E-state index in [2.05, 4.69) is 69.3 Å². The fourth-order valence-corrected chi connectivity index (χ4v) is 4.81. The van der Waals surface area contributed by atoms with Crippen LogP contribution in [0.4, 0.5) is 0 Å². The van der Waals surface area contributed by atoms with E-state index in [-0.39, 0.29) is 0 Å². The van der Waals surface area contributed by atoms with E-state index in [0.29, 0.717) is 12.6 Å². The van der Waals surface area contributed by atoms with Crippen LogP contribution in [0, 0.1) is 0 Å². The monoisotopic (exact) mass is 422 g/mol. The molecule has 3 heterocycles. The maximum Gasteiger partial charge on any atom is 0.191 e. The molecule has 0 amide bonds. The number of aryl methyl sites for hydroxylation is 1. The highest BCUT2D eigenvalue weighted by Gasteiger charge is 2.25. The zero-order valence-electron chi connectivity index (χ0n) is 17.7. The summed E-state index contributed by atoms with van der Waals surface area (Å²) in [5, 5.41) is 13.4. The minimum absolute atomic E-state index is 0.291. The van der Waals surface area contributed by atoms with Crippen molar-refractivity contribution in [3.63, 3.8) is 0 Å². The minimum atomic E-state index is 0.291. The number of hydrogen-bond acceptors (Lipinski definition) is 4. The smallest absolute Gasteiger partial charge is 0.191 e. The molecule has 2 aromatic heterocycles. The number of thiophene rings is 1. The van der Waals surface area contributed by atoms with Gasteiger partial charge in [-0.3, -0.25) is 9.58 Å². The molecule has 1 unspecified atom stereocenters. The molecule has 0 fully saturated rings. The highest BCUT2D eigenvalue weighted by atomic mass is 32.1. The molecule has 0 saturated heterocycles. The Morgan fingerprint density at radius 1 is 1.20 bits per heavy atom. The molecule has 3 aromatic rings. The van der Waals surface area contributed by atoms with E-state index in [0.717, 1.165) is 44.3 Å². The molecule has 30 heavy (non-hydrogen) atoms. The lowest BCUT2D eigenvalue weighted by Crippen LogP contribution is -2.44. The number of aromatic nitrogens is 2. The van der Waals surface area contributed by atoms with Gasteiger partial charge in [0.1, 0.15) is 0 Å². The molecule has 0 bridgehead atoms. The van der Waals surface area contributed by atoms with Gasteiger partial charge < -0.3 is 10.6 Å². The highest BCUT2D eigenvalue weighted by molar-refractivity contribution is 7.10. The van der Waals surface area contributed by atoms with Gasteiger partial charge in [0, 0.05) is 44.3 Å². The van der Waals surface area contributed by atoms with Crippen LogP contribution in [0.5, 0.6) is 0 Å². The van der Waals surface area contributed by atoms with Crippen molar-refractivity contribution in [1.82, 2.24) is 25.3 Å². The van der Waals surface area contributed by atoms with Crippen LogP contribution in [0.1, 0.15) is 34.7 Å². The maximum absolute atomic E-state index is 4.77. The van der Waals surface area contributed by atoms with Crippen LogP contribution in [-0.2, 0) is 26.6 Å². The fourth-order valence-electron chi connectivity index (χ4n) is 3.92. The lowest BCUT2D eigenvalue weighted by Gasteiger charge is -2.35. The summed E-state index contributed by atoms with van der Waals surface area (Å²) >= 11 is 1.89. The van der Waals surface area contributed by atoms with Gasteiger partial charge in [-0.15, -0.1) is 11.3 Å². The molecular formula is C23H30N6S. The van der Waals surface area contributed by atoms with E-state index < -0.39 is 0 Å². The standard InChI is InChI=1S/C23H30N6S/c1-3-24-23(25-15-20-9-12-27-28(20)2)26-16-21(18-7-5-4-6-8-18)29-13-10-22-19(17-29)11-14-30-22/h4-9,11-12,14,21H,3,10,13,15-17H2,1-2H3,(H2,24,25,26). The second-order valence-electron chi connectivity index (χ2n) is 7.54. The van der Waals surface area contributed by atoms with Crippen molar-refractivity contribution in [2.24, 2.45) is 12.0 Å². The first kappa shape index (κ1) is 20.6. The Morgan fingerprint density at radius 3 is 2.83 bits per heavy atom. The number of nitrogens with zero attached hydrogens (tertiary/aromatic N) is 4. The van der Waals surface area contributed by atoms with Crippen LogP contribution < -0.4 is 10.6 Å². The van der Waals surface area contributed by atoms with Crippen LogP contribution >= 0.6 is 11.3 Å². The average molecular weight is 423 g/mol. The molecule has 0 radical (unpaired) electrons. The number of rotatable bonds is 7. The van der Waals surface area contributed by atoms with Gasteiger partial charge in [0.05, 0.1) is 18.3 Å². The van der Waals surface area contributed by atoms with Crippen LogP contribution in [0.2, 0.25) is 0 Å². The summed E-state index contributed by atoms with van der Waals surface area (Å²) in [5.74, 6) is 0.841. The second-order valence-corrected chi connectivity index (χ2v) is 8.54. The SMILES string of the molecule is CCNC(=NCc1ccnn1C)NCC(c1ccccc1)N1CCc2sccc2C1. The predicted molar refractivity (Wildman–Crippen MR) is 124 cm³/mol. The molecule has 1 atom stereocenters. The van der Waals surface area contributed by atoms with E-state index in [1.165, 1.54) is 16.0 Å². The number of guanidine groups is 1. The Hall–Kier alpha value is -2.64. The van der Waals surface area contributed by atoms with Gasteiger partial charge in [0.2, 0.25) is 0 Å². The zero-order chi connectivity index (χ0) is 20.8. The molecule has 7 heteroatoms. The van der Waals surface area contributed by atoms with Crippen molar-refractivity contribution < 1.29 is 0 Å². The van der Waals surface area contributed by atoms with E-state index in [4.69, 9.17) is 4.99 Å². The van der Waals surface area contributed by atoms with Gasteiger partial charge in [0.25, 0.3) is 0 Å². The summed E-state index contributed by atoms with van der Waals surface area (Å²) in [7, 11) is 1.95. The molecular weight excluding hydrogens is 392 g/mol. The van der Waals surface area contributed by atoms with Gasteiger partial charge >= 0.3 is 0 Å². The number of fused-ring (bicyclic) bond motifs is 1. The van der Waals surface area contributed by atoms with E-state index >= 15 is 0 Å². The van der Waals surface area contributed by atoms with Crippen molar-refractivity contribution in [2.75, 3.05) is 19.6 Å². The van der Waals surface area contributed by atoms with Crippen LogP contribution in [0.3, 0.4) is 0 Å². The van der Waals surface area contributed by atoms with Crippen molar-refractivity contribution in [3.8, 4) is 0 Å². The summed E-state index contributed by atoms with van der Waals surface area (Å²) < 4.78 is 1.87. The van der Waals surface area contributed by atoms with Crippen LogP contribution in [-0.4, -0.2) is 40.3 Å². The summed E-state index contributed by atoms with van der Waals surface area (Å²) in [4.78, 5) is 8.90. The van der Waals surface area contributed by atoms with E-state index in [1.54, 1.807) is 0 Å². The summed E-state index contributed by atoms with van der Waals surface area (Å²) in [5.41, 5.74) is 3.91. The quantitative estimate of drug-likeness (QED) is 0.453. The first-order valence-electron chi connectivity index (χ1n) is 10.6. The lowest BCUT2D eigenvalue weighted by molar-refractivity contribution is 0.181. The third-order valence-corrected chi connectivity index (χ3v) is 6.61. The van der Waals surface area contributed by atoms with Crippen LogP contribution in [0.15, 0.2) is 59.0 Å². The molecule has 1 aliphatic rings. The molecule has 158 valence electrons. The maximum atomic E-state index is 4.77. The Kier molecular flexibility index (Phi) is 6.81. The third-order valence-electron chi connectivity index (χ3n) is 5.59. The number of nitrogens with one attached hydrogen (secondary N) is 2. The summed E-state index contributed by atoms with van der Waals surface area (Å²) in [6, 6.07) is 15.4. The van der Waals surface area contributed by atoms with Gasteiger partial charge in [-0.2, -0.15) is 5.10 Å². The van der Waals surface area contributed by atoms with E-state index in [1.807, 2.05) is 35.3 Å². The van der Waals surface area contributed by atoms with Crippen molar-refractivity contribution >= 4 is 17.3 Å². The fraction of sp³-hybridized carbons (Fsp3) is 0.391. The highest BCUT2D eigenvalue weighted by Crippen LogP contribution is 2.30. The second kappa shape index (κ2) is 9.91. The first-order valence-corrected chi connectivity index (χ1v) is 11.5. The normalized spacial score (nSPS) is 15.6. The molecule has 6 nitrogen and oxygen atoms in total. The largest absolute Gasteiger partial charge is 0.357 e. The minimum Gasteiger partial charge on any atom is -0.357 e. The Morgan fingerprint density at radius 2 is 2.07 bits per heavy atom. The first-order chi connectivity index (χ1) is 14.7. The molecule has 4 rings (SSSR count). The van der Waals surface area contributed by atoms with Gasteiger partial charge in [-0.1, -0.05) is 30.3 Å². The Bertz CT molecular complexity index is 961. The molecule has 0 saturated carbocycles. The van der Waals surface area contributed by atoms with Gasteiger partial charge in [0.15, 0.2) is 5.96 Å². The van der Waals surface area contributed by atoms with Gasteiger partial charge in [-0.05, 0) is 42.0 Å². The predicted octanol–water partition coefficient (Wildman–Crippen LogP) is 3.34. The van der Waals surface area contributed by atoms with E-state index in [9.17, 15) is 0 Å². The van der Waals surface area contributed by atoms with Crippen molar-refractivity contribution in [3.05, 3.63) is 75.7 Å². The number of hydrogen-bond donors (Lipinski definition) is 2. The van der Waals surface area contributed by atoms with Crippen molar-refractivity contribution in [1.29, 1.82) is 0 Å². The Labute approximate surface area is 182 Å². The Balaban J connectivity index is 1.49. The number of aliphatic imine (C=N–C) groups is 1. The molecule has 2 N–H and O–H groups in total. The average Bonchev–Trinajstić information content (AvgIpc) is 3.41. The zero-order valence-corrected chi connectivity index (χ0v) is 18.5. The molecule has 0 aliphatic carbocycles. The van der Waals surface area contributed by atoms with Crippen molar-refractivity contribution in [2.45, 2.75) is 32.5 Å². The molecule has 1 aliphatic heterocycles. The lowest BCUT2D eigenvalue weighted by atomic mass is 10.0. The van der Waals surface area contributed by atoms with Gasteiger partial charge in [-0.25, -0.2) is 4.99 Å². The third kappa shape index (κ3) is 4.91. The molecule has 1 aromatic carbocycles. The summed E-state index contributed by atoms with van der Waals surface area (Å²) in [6.07, 6.45) is 2.94. The molecule has 0 spiro atoms.